The van der Waals surface area contributed by atoms with Crippen LogP contribution < -0.4 is 5.32 Å². The zero-order valence-electron chi connectivity index (χ0n) is 15.0. The molecule has 138 valence electrons. The molecule has 1 aromatic heterocycles. The summed E-state index contributed by atoms with van der Waals surface area (Å²) in [5.41, 5.74) is 3.24. The highest BCUT2D eigenvalue weighted by Gasteiger charge is 2.33. The van der Waals surface area contributed by atoms with Crippen LogP contribution >= 0.6 is 0 Å². The van der Waals surface area contributed by atoms with Crippen LogP contribution in [0.25, 0.3) is 10.9 Å². The van der Waals surface area contributed by atoms with Crippen molar-refractivity contribution in [2.75, 3.05) is 6.54 Å². The van der Waals surface area contributed by atoms with Crippen LogP contribution in [0.1, 0.15) is 28.0 Å². The Bertz CT molecular complexity index is 1010. The highest BCUT2D eigenvalue weighted by Crippen LogP contribution is 2.19. The fourth-order valence-corrected chi connectivity index (χ4v) is 3.41. The van der Waals surface area contributed by atoms with E-state index in [1.807, 2.05) is 31.2 Å². The molecule has 0 aliphatic carbocycles. The van der Waals surface area contributed by atoms with E-state index in [2.05, 4.69) is 10.3 Å². The Kier molecular flexibility index (Phi) is 4.39. The summed E-state index contributed by atoms with van der Waals surface area (Å²) in [7, 11) is 0. The molecule has 1 aliphatic rings. The Balaban J connectivity index is 1.42. The average Bonchev–Trinajstić information content (AvgIpc) is 3.21. The first-order valence-electron chi connectivity index (χ1n) is 8.93. The van der Waals surface area contributed by atoms with Crippen molar-refractivity contribution in [1.29, 1.82) is 0 Å². The number of benzene rings is 2. The second-order valence-corrected chi connectivity index (χ2v) is 6.97. The number of nitrogens with one attached hydrogen (secondary N) is 2. The van der Waals surface area contributed by atoms with Crippen LogP contribution in [0.3, 0.4) is 0 Å². The minimum atomic E-state index is -0.536. The number of nitrogens with zero attached hydrogens (tertiary/aromatic N) is 1. The first kappa shape index (κ1) is 17.3. The van der Waals surface area contributed by atoms with Crippen molar-refractivity contribution in [3.05, 3.63) is 71.2 Å². The van der Waals surface area contributed by atoms with E-state index in [-0.39, 0.29) is 17.6 Å². The van der Waals surface area contributed by atoms with Crippen molar-refractivity contribution in [2.24, 2.45) is 0 Å². The van der Waals surface area contributed by atoms with Crippen molar-refractivity contribution < 1.29 is 14.0 Å². The Morgan fingerprint density at radius 3 is 2.78 bits per heavy atom. The van der Waals surface area contributed by atoms with E-state index < -0.39 is 6.04 Å². The van der Waals surface area contributed by atoms with E-state index in [4.69, 9.17) is 0 Å². The van der Waals surface area contributed by atoms with Gasteiger partial charge in [-0.25, -0.2) is 4.39 Å². The molecule has 0 radical (unpaired) electrons. The van der Waals surface area contributed by atoms with E-state index in [0.29, 0.717) is 36.1 Å². The number of hydrogen-bond acceptors (Lipinski definition) is 2. The topological polar surface area (TPSA) is 65.2 Å². The van der Waals surface area contributed by atoms with Gasteiger partial charge in [-0.3, -0.25) is 9.59 Å². The number of rotatable bonds is 4. The SMILES string of the molecule is Cc1ccc(CN2CCC(NC(=O)c3cc4cc(F)ccc4[nH]3)C2=O)cc1. The summed E-state index contributed by atoms with van der Waals surface area (Å²) in [6.45, 7) is 3.17. The van der Waals surface area contributed by atoms with Crippen LogP contribution in [0.15, 0.2) is 48.5 Å². The second-order valence-electron chi connectivity index (χ2n) is 6.97. The minimum absolute atomic E-state index is 0.0777. The summed E-state index contributed by atoms with van der Waals surface area (Å²) >= 11 is 0. The van der Waals surface area contributed by atoms with Crippen LogP contribution in [-0.4, -0.2) is 34.3 Å². The Labute approximate surface area is 156 Å². The number of fused-ring (bicyclic) bond motifs is 1. The summed E-state index contributed by atoms with van der Waals surface area (Å²) in [5.74, 6) is -0.792. The van der Waals surface area contributed by atoms with Crippen LogP contribution in [0.5, 0.6) is 0 Å². The maximum Gasteiger partial charge on any atom is 0.268 e. The molecule has 6 heteroatoms. The normalized spacial score (nSPS) is 16.9. The molecule has 1 unspecified atom stereocenters. The van der Waals surface area contributed by atoms with E-state index in [0.717, 1.165) is 5.56 Å². The van der Waals surface area contributed by atoms with Crippen LogP contribution in [0.4, 0.5) is 4.39 Å². The predicted molar refractivity (Wildman–Crippen MR) is 101 cm³/mol. The number of aryl methyl sites for hydroxylation is 1. The first-order chi connectivity index (χ1) is 13.0. The summed E-state index contributed by atoms with van der Waals surface area (Å²) in [5, 5.41) is 3.41. The van der Waals surface area contributed by atoms with Crippen LogP contribution in [0, 0.1) is 12.7 Å². The van der Waals surface area contributed by atoms with Gasteiger partial charge in [0.1, 0.15) is 17.6 Å². The third-order valence-electron chi connectivity index (χ3n) is 4.92. The number of carbonyl (C=O) groups is 2. The van der Waals surface area contributed by atoms with Gasteiger partial charge in [-0.15, -0.1) is 0 Å². The molecule has 0 spiro atoms. The molecule has 3 aromatic rings. The molecule has 1 atom stereocenters. The maximum absolute atomic E-state index is 13.3. The van der Waals surface area contributed by atoms with Crippen LogP contribution in [-0.2, 0) is 11.3 Å². The number of H-pyrrole nitrogens is 1. The molecule has 0 bridgehead atoms. The summed E-state index contributed by atoms with van der Waals surface area (Å²) in [6.07, 6.45) is 0.575. The average molecular weight is 365 g/mol. The number of halogens is 1. The standard InChI is InChI=1S/C21H20FN3O2/c1-13-2-4-14(5-3-13)12-25-9-8-18(21(25)27)24-20(26)19-11-15-10-16(22)6-7-17(15)23-19/h2-7,10-11,18,23H,8-9,12H2,1H3,(H,24,26). The van der Waals surface area contributed by atoms with E-state index in [1.54, 1.807) is 17.0 Å². The van der Waals surface area contributed by atoms with Crippen LogP contribution in [0.2, 0.25) is 0 Å². The number of hydrogen-bond donors (Lipinski definition) is 2. The summed E-state index contributed by atoms with van der Waals surface area (Å²) in [6, 6.07) is 13.4. The summed E-state index contributed by atoms with van der Waals surface area (Å²) < 4.78 is 13.3. The molecule has 1 aliphatic heterocycles. The molecule has 27 heavy (non-hydrogen) atoms. The van der Waals surface area contributed by atoms with Gasteiger partial charge in [0.05, 0.1) is 0 Å². The van der Waals surface area contributed by atoms with Gasteiger partial charge < -0.3 is 15.2 Å². The lowest BCUT2D eigenvalue weighted by molar-refractivity contribution is -0.129. The highest BCUT2D eigenvalue weighted by molar-refractivity contribution is 6.00. The number of aromatic nitrogens is 1. The van der Waals surface area contributed by atoms with Gasteiger partial charge in [0.25, 0.3) is 5.91 Å². The highest BCUT2D eigenvalue weighted by atomic mass is 19.1. The predicted octanol–water partition coefficient (Wildman–Crippen LogP) is 3.15. The minimum Gasteiger partial charge on any atom is -0.351 e. The van der Waals surface area contributed by atoms with Gasteiger partial charge in [-0.05, 0) is 43.2 Å². The zero-order chi connectivity index (χ0) is 19.0. The summed E-state index contributed by atoms with van der Waals surface area (Å²) in [4.78, 5) is 29.8. The number of carbonyl (C=O) groups excluding carboxylic acids is 2. The smallest absolute Gasteiger partial charge is 0.268 e. The maximum atomic E-state index is 13.3. The second kappa shape index (κ2) is 6.87. The van der Waals surface area contributed by atoms with Gasteiger partial charge in [-0.1, -0.05) is 29.8 Å². The molecular weight excluding hydrogens is 345 g/mol. The van der Waals surface area contributed by atoms with Gasteiger partial charge in [0, 0.05) is 24.0 Å². The lowest BCUT2D eigenvalue weighted by Gasteiger charge is -2.17. The van der Waals surface area contributed by atoms with Gasteiger partial charge in [0.15, 0.2) is 0 Å². The fourth-order valence-electron chi connectivity index (χ4n) is 3.41. The van der Waals surface area contributed by atoms with Crippen molar-refractivity contribution in [2.45, 2.75) is 25.9 Å². The Morgan fingerprint density at radius 2 is 2.00 bits per heavy atom. The van der Waals surface area contributed by atoms with Gasteiger partial charge in [0.2, 0.25) is 5.91 Å². The number of likely N-dealkylation sites (tertiary alicyclic amines) is 1. The number of amides is 2. The third kappa shape index (κ3) is 3.56. The largest absolute Gasteiger partial charge is 0.351 e. The molecule has 0 saturated carbocycles. The van der Waals surface area contributed by atoms with Crippen molar-refractivity contribution >= 4 is 22.7 Å². The number of aromatic amines is 1. The van der Waals surface area contributed by atoms with Crippen molar-refractivity contribution in [3.63, 3.8) is 0 Å². The van der Waals surface area contributed by atoms with Gasteiger partial charge in [-0.2, -0.15) is 0 Å². The quantitative estimate of drug-likeness (QED) is 0.746. The first-order valence-corrected chi connectivity index (χ1v) is 8.93. The molecule has 5 nitrogen and oxygen atoms in total. The molecule has 1 saturated heterocycles. The van der Waals surface area contributed by atoms with Crippen molar-refractivity contribution in [1.82, 2.24) is 15.2 Å². The third-order valence-corrected chi connectivity index (χ3v) is 4.92. The molecule has 2 N–H and O–H groups in total. The zero-order valence-corrected chi connectivity index (χ0v) is 15.0. The Morgan fingerprint density at radius 1 is 1.22 bits per heavy atom. The molecule has 1 fully saturated rings. The van der Waals surface area contributed by atoms with E-state index >= 15 is 0 Å². The molecule has 2 amide bonds. The Hall–Kier alpha value is -3.15. The molecule has 2 heterocycles. The molecular formula is C21H20FN3O2. The molecule has 4 rings (SSSR count). The van der Waals surface area contributed by atoms with E-state index in [1.165, 1.54) is 17.7 Å². The van der Waals surface area contributed by atoms with Crippen molar-refractivity contribution in [3.8, 4) is 0 Å². The van der Waals surface area contributed by atoms with E-state index in [9.17, 15) is 14.0 Å². The monoisotopic (exact) mass is 365 g/mol. The van der Waals surface area contributed by atoms with Gasteiger partial charge >= 0.3 is 0 Å². The fraction of sp³-hybridized carbons (Fsp3) is 0.238. The lowest BCUT2D eigenvalue weighted by atomic mass is 10.1. The lowest BCUT2D eigenvalue weighted by Crippen LogP contribution is -2.41. The molecule has 2 aromatic carbocycles.